The fourth-order valence-electron chi connectivity index (χ4n) is 4.15. The largest absolute Gasteiger partial charge is 0.497 e. The van der Waals surface area contributed by atoms with Gasteiger partial charge >= 0.3 is 0 Å². The fourth-order valence-corrected chi connectivity index (χ4v) is 4.96. The maximum Gasteiger partial charge on any atom is 0.275 e. The molecule has 0 aliphatic carbocycles. The molecule has 2 amide bonds. The van der Waals surface area contributed by atoms with Gasteiger partial charge in [0.15, 0.2) is 5.13 Å². The minimum atomic E-state index is -0.320. The van der Waals surface area contributed by atoms with E-state index in [1.54, 1.807) is 29.5 Å². The highest BCUT2D eigenvalue weighted by molar-refractivity contribution is 7.14. The summed E-state index contributed by atoms with van der Waals surface area (Å²) in [6, 6.07) is 5.80. The van der Waals surface area contributed by atoms with Crippen molar-refractivity contribution in [3.63, 3.8) is 0 Å². The molecular weight excluding hydrogens is 450 g/mol. The standard InChI is InChI=1S/C25H29N5O3S/c1-5-7-22(29-11-10-26-16(3)13-29)20(6-2)27-23(31)21-15-34-25(28-21)30-14-17-8-9-18(33-4)12-19(17)24(30)32/h5-9,12,15-16,26H,1,10-11,13-14H2,2-4H3,(H,27,31)/b20-6+,22-7+/t16-/m1/s1. The number of anilines is 1. The molecule has 9 heteroatoms. The molecule has 1 fully saturated rings. The Hall–Kier alpha value is -3.43. The number of rotatable bonds is 7. The lowest BCUT2D eigenvalue weighted by Crippen LogP contribution is -2.49. The Balaban J connectivity index is 1.49. The highest BCUT2D eigenvalue weighted by Crippen LogP contribution is 2.32. The van der Waals surface area contributed by atoms with Crippen LogP contribution in [0.15, 0.2) is 59.8 Å². The second-order valence-electron chi connectivity index (χ2n) is 8.17. The number of hydrogen-bond donors (Lipinski definition) is 2. The fraction of sp³-hybridized carbons (Fsp3) is 0.320. The molecule has 0 radical (unpaired) electrons. The average Bonchev–Trinajstić information content (AvgIpc) is 3.46. The second-order valence-corrected chi connectivity index (χ2v) is 9.01. The molecular formula is C25H29N5O3S. The van der Waals surface area contributed by atoms with Crippen LogP contribution in [0.25, 0.3) is 0 Å². The lowest BCUT2D eigenvalue weighted by molar-refractivity contribution is 0.0956. The number of carbonyl (C=O) groups is 2. The van der Waals surface area contributed by atoms with Gasteiger partial charge in [-0.1, -0.05) is 24.8 Å². The summed E-state index contributed by atoms with van der Waals surface area (Å²) in [6.45, 7) is 10.8. The molecule has 3 heterocycles. The Morgan fingerprint density at radius 2 is 2.24 bits per heavy atom. The van der Waals surface area contributed by atoms with E-state index in [1.165, 1.54) is 11.3 Å². The number of benzene rings is 1. The number of allylic oxidation sites excluding steroid dienone is 3. The van der Waals surface area contributed by atoms with Crippen molar-refractivity contribution < 1.29 is 14.3 Å². The highest BCUT2D eigenvalue weighted by Gasteiger charge is 2.31. The van der Waals surface area contributed by atoms with Crippen LogP contribution in [0.4, 0.5) is 5.13 Å². The van der Waals surface area contributed by atoms with E-state index in [0.717, 1.165) is 30.9 Å². The molecule has 2 aromatic rings. The number of carbonyl (C=O) groups excluding carboxylic acids is 2. The predicted molar refractivity (Wildman–Crippen MR) is 134 cm³/mol. The number of amides is 2. The molecule has 2 aliphatic rings. The third-order valence-corrected chi connectivity index (χ3v) is 6.74. The molecule has 1 saturated heterocycles. The number of nitrogens with one attached hydrogen (secondary N) is 2. The lowest BCUT2D eigenvalue weighted by Gasteiger charge is -2.36. The van der Waals surface area contributed by atoms with E-state index in [9.17, 15) is 9.59 Å². The van der Waals surface area contributed by atoms with E-state index in [2.05, 4.69) is 34.0 Å². The number of methoxy groups -OCH3 is 1. The van der Waals surface area contributed by atoms with Crippen molar-refractivity contribution in [2.75, 3.05) is 31.6 Å². The van der Waals surface area contributed by atoms with Gasteiger partial charge in [0, 0.05) is 36.6 Å². The number of fused-ring (bicyclic) bond motifs is 1. The predicted octanol–water partition coefficient (Wildman–Crippen LogP) is 3.31. The summed E-state index contributed by atoms with van der Waals surface area (Å²) in [5, 5.41) is 8.59. The van der Waals surface area contributed by atoms with Gasteiger partial charge in [-0.25, -0.2) is 4.98 Å². The van der Waals surface area contributed by atoms with E-state index in [0.29, 0.717) is 34.7 Å². The first-order chi connectivity index (χ1) is 16.4. The van der Waals surface area contributed by atoms with Crippen LogP contribution in [0.3, 0.4) is 0 Å². The molecule has 2 N–H and O–H groups in total. The van der Waals surface area contributed by atoms with E-state index >= 15 is 0 Å². The topological polar surface area (TPSA) is 86.8 Å². The summed E-state index contributed by atoms with van der Waals surface area (Å²) < 4.78 is 5.24. The van der Waals surface area contributed by atoms with Crippen molar-refractivity contribution in [3.05, 3.63) is 76.6 Å². The zero-order chi connectivity index (χ0) is 24.2. The van der Waals surface area contributed by atoms with Gasteiger partial charge in [-0.3, -0.25) is 14.5 Å². The SMILES string of the molecule is C=C/C=C(\C(=C/C)NC(=O)c1csc(N2Cc3ccc(OC)cc3C2=O)n1)N1CCN[C@H](C)C1. The smallest absolute Gasteiger partial charge is 0.275 e. The summed E-state index contributed by atoms with van der Waals surface area (Å²) in [4.78, 5) is 34.3. The maximum atomic E-state index is 13.1. The molecule has 1 aromatic heterocycles. The van der Waals surface area contributed by atoms with E-state index in [4.69, 9.17) is 4.74 Å². The normalized spacial score (nSPS) is 18.7. The molecule has 0 unspecified atom stereocenters. The second kappa shape index (κ2) is 10.2. The van der Waals surface area contributed by atoms with Gasteiger partial charge in [0.05, 0.1) is 25.0 Å². The molecule has 178 valence electrons. The van der Waals surface area contributed by atoms with Crippen LogP contribution in [0.2, 0.25) is 0 Å². The average molecular weight is 480 g/mol. The molecule has 0 spiro atoms. The van der Waals surface area contributed by atoms with Gasteiger partial charge in [0.25, 0.3) is 11.8 Å². The van der Waals surface area contributed by atoms with Gasteiger partial charge in [0.2, 0.25) is 0 Å². The van der Waals surface area contributed by atoms with Crippen LogP contribution < -0.4 is 20.3 Å². The lowest BCUT2D eigenvalue weighted by atomic mass is 10.1. The first kappa shape index (κ1) is 23.7. The van der Waals surface area contributed by atoms with Gasteiger partial charge in [-0.05, 0) is 37.6 Å². The van der Waals surface area contributed by atoms with E-state index in [1.807, 2.05) is 31.2 Å². The summed E-state index contributed by atoms with van der Waals surface area (Å²) >= 11 is 1.27. The quantitative estimate of drug-likeness (QED) is 0.593. The molecule has 2 aliphatic heterocycles. The highest BCUT2D eigenvalue weighted by atomic mass is 32.1. The van der Waals surface area contributed by atoms with Crippen molar-refractivity contribution >= 4 is 28.3 Å². The molecule has 34 heavy (non-hydrogen) atoms. The molecule has 1 aromatic carbocycles. The Bertz CT molecular complexity index is 1170. The number of ether oxygens (including phenoxy) is 1. The number of thiazole rings is 1. The zero-order valence-electron chi connectivity index (χ0n) is 19.6. The monoisotopic (exact) mass is 479 g/mol. The van der Waals surface area contributed by atoms with Crippen molar-refractivity contribution in [3.8, 4) is 5.75 Å². The number of hydrogen-bond acceptors (Lipinski definition) is 7. The Morgan fingerprint density at radius 3 is 2.94 bits per heavy atom. The van der Waals surface area contributed by atoms with Crippen molar-refractivity contribution in [2.45, 2.75) is 26.4 Å². The summed E-state index contributed by atoms with van der Waals surface area (Å²) in [6.07, 6.45) is 5.51. The molecule has 1 atom stereocenters. The molecule has 0 bridgehead atoms. The van der Waals surface area contributed by atoms with Gasteiger partial charge in [0.1, 0.15) is 11.4 Å². The van der Waals surface area contributed by atoms with Crippen LogP contribution in [0.5, 0.6) is 5.75 Å². The summed E-state index contributed by atoms with van der Waals surface area (Å²) in [5.41, 5.74) is 3.39. The maximum absolute atomic E-state index is 13.1. The van der Waals surface area contributed by atoms with Crippen LogP contribution in [-0.4, -0.2) is 54.5 Å². The van der Waals surface area contributed by atoms with Crippen LogP contribution >= 0.6 is 11.3 Å². The molecule has 4 rings (SSSR count). The molecule has 8 nitrogen and oxygen atoms in total. The first-order valence-electron chi connectivity index (χ1n) is 11.2. The molecule has 0 saturated carbocycles. The van der Waals surface area contributed by atoms with Crippen molar-refractivity contribution in [2.24, 2.45) is 0 Å². The van der Waals surface area contributed by atoms with Crippen molar-refractivity contribution in [1.29, 1.82) is 0 Å². The number of nitrogens with zero attached hydrogens (tertiary/aromatic N) is 3. The number of aromatic nitrogens is 1. The van der Waals surface area contributed by atoms with Crippen LogP contribution in [0, 0.1) is 0 Å². The van der Waals surface area contributed by atoms with Gasteiger partial charge < -0.3 is 20.3 Å². The Labute approximate surface area is 203 Å². The summed E-state index contributed by atoms with van der Waals surface area (Å²) in [7, 11) is 1.57. The minimum Gasteiger partial charge on any atom is -0.497 e. The van der Waals surface area contributed by atoms with Crippen LogP contribution in [-0.2, 0) is 6.54 Å². The number of piperazine rings is 1. The third-order valence-electron chi connectivity index (χ3n) is 5.87. The third kappa shape index (κ3) is 4.76. The van der Waals surface area contributed by atoms with Crippen molar-refractivity contribution in [1.82, 2.24) is 20.5 Å². The first-order valence-corrected chi connectivity index (χ1v) is 12.1. The summed E-state index contributed by atoms with van der Waals surface area (Å²) in [5.74, 6) is 0.169. The van der Waals surface area contributed by atoms with Crippen LogP contribution in [0.1, 0.15) is 40.3 Å². The van der Waals surface area contributed by atoms with Gasteiger partial charge in [-0.15, -0.1) is 11.3 Å². The zero-order valence-corrected chi connectivity index (χ0v) is 20.4. The van der Waals surface area contributed by atoms with Gasteiger partial charge in [-0.2, -0.15) is 0 Å². The Kier molecular flexibility index (Phi) is 7.14. The Morgan fingerprint density at radius 1 is 1.41 bits per heavy atom. The van der Waals surface area contributed by atoms with E-state index in [-0.39, 0.29) is 17.5 Å². The minimum absolute atomic E-state index is 0.145. The van der Waals surface area contributed by atoms with E-state index < -0.39 is 0 Å².